The molecule has 0 saturated carbocycles. The maximum atomic E-state index is 14.5. The van der Waals surface area contributed by atoms with Gasteiger partial charge >= 0.3 is 0 Å². The van der Waals surface area contributed by atoms with Gasteiger partial charge in [0.2, 0.25) is 0 Å². The zero-order chi connectivity index (χ0) is 17.6. The van der Waals surface area contributed by atoms with E-state index < -0.39 is 33.1 Å². The van der Waals surface area contributed by atoms with Gasteiger partial charge in [0, 0.05) is 17.6 Å². The van der Waals surface area contributed by atoms with Gasteiger partial charge in [0.05, 0.1) is 11.7 Å². The Morgan fingerprint density at radius 3 is 2.92 bits per heavy atom. The smallest absolute Gasteiger partial charge is 0.271 e. The van der Waals surface area contributed by atoms with E-state index in [0.717, 1.165) is 11.1 Å². The van der Waals surface area contributed by atoms with E-state index in [2.05, 4.69) is 18.8 Å². The van der Waals surface area contributed by atoms with Crippen molar-refractivity contribution in [2.45, 2.75) is 13.3 Å². The molecule has 0 atom stereocenters. The molecule has 0 radical (unpaired) electrons. The fraction of sp³-hybridized carbons (Fsp3) is 0.125. The third-order valence-corrected chi connectivity index (χ3v) is 4.90. The van der Waals surface area contributed by atoms with Crippen LogP contribution >= 0.6 is 21.5 Å². The van der Waals surface area contributed by atoms with Crippen LogP contribution in [0.1, 0.15) is 12.5 Å². The molecule has 25 heavy (non-hydrogen) atoms. The molecule has 0 aliphatic carbocycles. The Kier molecular flexibility index (Phi) is 3.94. The molecule has 0 spiro atoms. The minimum atomic E-state index is -1.37. The third-order valence-electron chi connectivity index (χ3n) is 4.13. The van der Waals surface area contributed by atoms with Gasteiger partial charge in [0.25, 0.3) is 21.5 Å². The van der Waals surface area contributed by atoms with Crippen molar-refractivity contribution < 1.29 is 11.8 Å². The van der Waals surface area contributed by atoms with E-state index in [-0.39, 0.29) is 5.52 Å². The molecule has 0 fully saturated rings. The highest BCUT2D eigenvalue weighted by Crippen LogP contribution is 2.36. The van der Waals surface area contributed by atoms with Crippen molar-refractivity contribution in [2.24, 2.45) is 0 Å². The number of nitrogens with zero attached hydrogens (tertiary/aromatic N) is 3. The summed E-state index contributed by atoms with van der Waals surface area (Å²) in [6.45, 7) is 1.78. The van der Waals surface area contributed by atoms with Gasteiger partial charge in [-0.3, -0.25) is 8.63 Å². The first-order valence-corrected chi connectivity index (χ1v) is 9.44. The lowest BCUT2D eigenvalue weighted by molar-refractivity contribution is 0.507. The number of hydrogen-bond donors (Lipinski definition) is 2. The fourth-order valence-corrected chi connectivity index (χ4v) is 3.54. The van der Waals surface area contributed by atoms with E-state index in [1.165, 1.54) is 6.20 Å². The van der Waals surface area contributed by atoms with Gasteiger partial charge in [-0.15, -0.1) is 5.10 Å². The summed E-state index contributed by atoms with van der Waals surface area (Å²) < 4.78 is 43.9. The first-order chi connectivity index (χ1) is 12.1. The Bertz CT molecular complexity index is 1120. The van der Waals surface area contributed by atoms with Crippen LogP contribution in [0.15, 0.2) is 30.6 Å². The van der Waals surface area contributed by atoms with Gasteiger partial charge in [-0.1, -0.05) is 6.92 Å². The second-order valence-electron chi connectivity index (χ2n) is 5.48. The predicted molar refractivity (Wildman–Crippen MR) is 97.9 cm³/mol. The molecule has 1 aromatic carbocycles. The molecule has 0 aliphatic rings. The Morgan fingerprint density at radius 1 is 1.32 bits per heavy atom. The highest BCUT2D eigenvalue weighted by Gasteiger charge is 2.21. The molecule has 2 N–H and O–H groups in total. The van der Waals surface area contributed by atoms with Crippen molar-refractivity contribution in [3.63, 3.8) is 0 Å². The van der Waals surface area contributed by atoms with Gasteiger partial charge in [-0.25, -0.2) is 16.4 Å². The number of pyridine rings is 1. The third kappa shape index (κ3) is 2.49. The summed E-state index contributed by atoms with van der Waals surface area (Å²) in [5, 5.41) is 11.2. The Balaban J connectivity index is 2.00. The second-order valence-corrected chi connectivity index (χ2v) is 6.46. The highest BCUT2D eigenvalue weighted by atomic mass is 127. The minimum absolute atomic E-state index is 0.0524. The Labute approximate surface area is 151 Å². The highest BCUT2D eigenvalue weighted by molar-refractivity contribution is 14.1. The van der Waals surface area contributed by atoms with Crippen LogP contribution in [0.4, 0.5) is 14.6 Å². The number of hydrogen-bond acceptors (Lipinski definition) is 3. The molecule has 0 bridgehead atoms. The van der Waals surface area contributed by atoms with Crippen LogP contribution in [0.5, 0.6) is 0 Å². The largest absolute Gasteiger partial charge is 0.285 e. The number of rotatable bonds is 4. The lowest BCUT2D eigenvalue weighted by atomic mass is 9.94. The van der Waals surface area contributed by atoms with Gasteiger partial charge in [-0.05, 0) is 35.2 Å². The van der Waals surface area contributed by atoms with Crippen LogP contribution in [0, 0.1) is 11.6 Å². The molecule has 6 nitrogen and oxygen atoms in total. The summed E-state index contributed by atoms with van der Waals surface area (Å²) in [4.78, 5) is 0. The normalized spacial score (nSPS) is 11.5. The molecule has 128 valence electrons. The van der Waals surface area contributed by atoms with E-state index >= 15 is 0 Å². The number of benzene rings is 1. The molecule has 0 aliphatic heterocycles. The molecule has 3 aromatic heterocycles. The molecule has 9 heteroatoms. The van der Waals surface area contributed by atoms with E-state index in [1.807, 2.05) is 6.07 Å². The zero-order valence-electron chi connectivity index (χ0n) is 13.0. The van der Waals surface area contributed by atoms with Crippen molar-refractivity contribution in [3.8, 4) is 11.1 Å². The molecule has 0 saturated heterocycles. The van der Waals surface area contributed by atoms with Crippen molar-refractivity contribution in [2.75, 3.05) is 3.53 Å². The Hall–Kier alpha value is -2.43. The number of anilines is 1. The summed E-state index contributed by atoms with van der Waals surface area (Å²) in [7, 11) is 0. The fourth-order valence-electron chi connectivity index (χ4n) is 3.05. The van der Waals surface area contributed by atoms with Gasteiger partial charge in [0.1, 0.15) is 5.52 Å². The number of nitrogens with one attached hydrogen (secondary N) is 2. The monoisotopic (exact) mass is 455 g/mol. The van der Waals surface area contributed by atoms with Crippen molar-refractivity contribution in [3.05, 3.63) is 47.8 Å². The lowest BCUT2D eigenvalue weighted by Gasteiger charge is -2.12. The summed E-state index contributed by atoms with van der Waals surface area (Å²) in [6, 6.07) is 5.37. The standard InChI is InChI=1S/C16H12F2IN5O/c1-2-10-13(11-7-20-22-16(11)15(18)14(10)17)8-3-4-24-9(5-8)6-12(23-24)21-19-25/h3-7H,2H2,1H3,(H,20,22)(H,21,23,25). The average molecular weight is 455 g/mol. The minimum Gasteiger partial charge on any atom is -0.285 e. The molecule has 0 unspecified atom stereocenters. The first kappa shape index (κ1) is 16.1. The van der Waals surface area contributed by atoms with Gasteiger partial charge in [-0.2, -0.15) is 5.10 Å². The Morgan fingerprint density at radius 2 is 2.16 bits per heavy atom. The summed E-state index contributed by atoms with van der Waals surface area (Å²) >= 11 is -1.37. The SMILES string of the molecule is CCc1c(F)c(F)c2[nH]ncc2c1-c1ccn2nc(NI=O)cc2c1. The van der Waals surface area contributed by atoms with E-state index in [9.17, 15) is 11.8 Å². The first-order valence-electron chi connectivity index (χ1n) is 7.48. The zero-order valence-corrected chi connectivity index (χ0v) is 15.1. The number of fused-ring (bicyclic) bond motifs is 2. The van der Waals surface area contributed by atoms with E-state index in [1.54, 1.807) is 29.8 Å². The van der Waals surface area contributed by atoms with E-state index in [0.29, 0.717) is 28.8 Å². The molecule has 0 amide bonds. The van der Waals surface area contributed by atoms with Crippen molar-refractivity contribution in [1.29, 1.82) is 0 Å². The number of halogens is 3. The number of aromatic nitrogens is 4. The van der Waals surface area contributed by atoms with Crippen LogP contribution in [-0.2, 0) is 9.49 Å². The quantitative estimate of drug-likeness (QED) is 0.354. The molecular weight excluding hydrogens is 443 g/mol. The number of aromatic amines is 1. The molecule has 4 aromatic rings. The summed E-state index contributed by atoms with van der Waals surface area (Å²) in [5.74, 6) is -1.26. The van der Waals surface area contributed by atoms with Gasteiger partial charge < -0.3 is 0 Å². The van der Waals surface area contributed by atoms with Crippen LogP contribution in [-0.4, -0.2) is 19.8 Å². The van der Waals surface area contributed by atoms with Crippen LogP contribution in [0.2, 0.25) is 0 Å². The van der Waals surface area contributed by atoms with Crippen LogP contribution in [0.25, 0.3) is 27.5 Å². The average Bonchev–Trinajstić information content (AvgIpc) is 3.24. The molecule has 3 heterocycles. The molecule has 4 rings (SSSR count). The number of H-pyrrole nitrogens is 1. The van der Waals surface area contributed by atoms with Crippen molar-refractivity contribution >= 4 is 43.7 Å². The van der Waals surface area contributed by atoms with Crippen LogP contribution < -0.4 is 3.53 Å². The summed E-state index contributed by atoms with van der Waals surface area (Å²) in [6.07, 6.45) is 3.57. The van der Waals surface area contributed by atoms with Crippen molar-refractivity contribution in [1.82, 2.24) is 19.8 Å². The van der Waals surface area contributed by atoms with E-state index in [4.69, 9.17) is 0 Å². The maximum Gasteiger partial charge on any atom is 0.271 e. The van der Waals surface area contributed by atoms with Crippen LogP contribution in [0.3, 0.4) is 0 Å². The second kappa shape index (κ2) is 6.14. The van der Waals surface area contributed by atoms with Gasteiger partial charge in [0.15, 0.2) is 17.5 Å². The molecular formula is C16H12F2IN5O. The lowest BCUT2D eigenvalue weighted by Crippen LogP contribution is -1.99. The predicted octanol–water partition coefficient (Wildman–Crippen LogP) is 4.36. The maximum absolute atomic E-state index is 14.5. The summed E-state index contributed by atoms with van der Waals surface area (Å²) in [5.41, 5.74) is 2.45. The topological polar surface area (TPSA) is 75.1 Å².